The molecule has 0 heterocycles. The summed E-state index contributed by atoms with van der Waals surface area (Å²) in [5.41, 5.74) is -0.000420. The molecule has 1 aromatic carbocycles. The predicted molar refractivity (Wildman–Crippen MR) is 78.2 cm³/mol. The Morgan fingerprint density at radius 3 is 2.45 bits per heavy atom. The summed E-state index contributed by atoms with van der Waals surface area (Å²) in [5, 5.41) is 10.3. The molecule has 0 bridgehead atoms. The minimum Gasteiger partial charge on any atom is -0.497 e. The molecule has 0 aromatic heterocycles. The van der Waals surface area contributed by atoms with E-state index in [1.54, 1.807) is 7.11 Å². The van der Waals surface area contributed by atoms with Gasteiger partial charge < -0.3 is 14.6 Å². The van der Waals surface area contributed by atoms with Crippen LogP contribution in [-0.2, 0) is 0 Å². The SMILES string of the molecule is COc1cccc(OC2CC(O)C23CCCCCC3)c1. The van der Waals surface area contributed by atoms with Crippen LogP contribution in [0.25, 0.3) is 0 Å². The highest BCUT2D eigenvalue weighted by molar-refractivity contribution is 5.33. The van der Waals surface area contributed by atoms with Gasteiger partial charge in [0.05, 0.1) is 13.2 Å². The van der Waals surface area contributed by atoms with E-state index in [-0.39, 0.29) is 17.6 Å². The first kappa shape index (κ1) is 13.7. The monoisotopic (exact) mass is 276 g/mol. The van der Waals surface area contributed by atoms with Crippen LogP contribution in [0.2, 0.25) is 0 Å². The summed E-state index contributed by atoms with van der Waals surface area (Å²) in [4.78, 5) is 0. The second kappa shape index (κ2) is 5.65. The molecule has 2 saturated carbocycles. The molecule has 0 saturated heterocycles. The van der Waals surface area contributed by atoms with Gasteiger partial charge in [-0.15, -0.1) is 0 Å². The summed E-state index contributed by atoms with van der Waals surface area (Å²) < 4.78 is 11.4. The topological polar surface area (TPSA) is 38.7 Å². The Morgan fingerprint density at radius 2 is 1.80 bits per heavy atom. The molecule has 3 heteroatoms. The van der Waals surface area contributed by atoms with Crippen molar-refractivity contribution in [2.45, 2.75) is 57.2 Å². The van der Waals surface area contributed by atoms with Crippen molar-refractivity contribution in [3.8, 4) is 11.5 Å². The molecule has 0 amide bonds. The normalized spacial score (nSPS) is 28.5. The molecular weight excluding hydrogens is 252 g/mol. The lowest BCUT2D eigenvalue weighted by Crippen LogP contribution is -2.59. The van der Waals surface area contributed by atoms with Crippen LogP contribution in [0.15, 0.2) is 24.3 Å². The van der Waals surface area contributed by atoms with Gasteiger partial charge in [0.15, 0.2) is 0 Å². The number of aliphatic hydroxyl groups is 1. The van der Waals surface area contributed by atoms with Crippen LogP contribution in [0.1, 0.15) is 44.9 Å². The summed E-state index contributed by atoms with van der Waals surface area (Å²) in [6.07, 6.45) is 7.95. The zero-order chi connectivity index (χ0) is 14.0. The van der Waals surface area contributed by atoms with Crippen molar-refractivity contribution in [1.29, 1.82) is 0 Å². The van der Waals surface area contributed by atoms with Crippen LogP contribution in [0.3, 0.4) is 0 Å². The fourth-order valence-electron chi connectivity index (χ4n) is 3.77. The first-order valence-corrected chi connectivity index (χ1v) is 7.73. The lowest BCUT2D eigenvalue weighted by atomic mass is 9.59. The Labute approximate surface area is 120 Å². The Bertz CT molecular complexity index is 449. The Hall–Kier alpha value is -1.22. The van der Waals surface area contributed by atoms with E-state index in [0.717, 1.165) is 30.8 Å². The van der Waals surface area contributed by atoms with Gasteiger partial charge in [-0.3, -0.25) is 0 Å². The van der Waals surface area contributed by atoms with E-state index in [1.807, 2.05) is 24.3 Å². The maximum Gasteiger partial charge on any atom is 0.123 e. The van der Waals surface area contributed by atoms with Crippen LogP contribution in [0, 0.1) is 5.41 Å². The van der Waals surface area contributed by atoms with E-state index in [9.17, 15) is 5.11 Å². The summed E-state index contributed by atoms with van der Waals surface area (Å²) in [6.45, 7) is 0. The molecule has 1 aromatic rings. The van der Waals surface area contributed by atoms with Crippen molar-refractivity contribution in [3.05, 3.63) is 24.3 Å². The number of hydrogen-bond donors (Lipinski definition) is 1. The second-order valence-corrected chi connectivity index (χ2v) is 6.18. The molecular formula is C17H24O3. The molecule has 2 atom stereocenters. The third kappa shape index (κ3) is 2.39. The first-order valence-electron chi connectivity index (χ1n) is 7.73. The predicted octanol–water partition coefficient (Wildman–Crippen LogP) is 3.55. The van der Waals surface area contributed by atoms with Crippen LogP contribution < -0.4 is 9.47 Å². The molecule has 110 valence electrons. The number of methoxy groups -OCH3 is 1. The van der Waals surface area contributed by atoms with Crippen LogP contribution in [0.4, 0.5) is 0 Å². The maximum atomic E-state index is 10.3. The van der Waals surface area contributed by atoms with E-state index >= 15 is 0 Å². The molecule has 2 aliphatic rings. The maximum absolute atomic E-state index is 10.3. The first-order chi connectivity index (χ1) is 9.74. The smallest absolute Gasteiger partial charge is 0.123 e. The van der Waals surface area contributed by atoms with E-state index in [2.05, 4.69) is 0 Å². The fourth-order valence-corrected chi connectivity index (χ4v) is 3.77. The molecule has 1 N–H and O–H groups in total. The quantitative estimate of drug-likeness (QED) is 0.917. The molecule has 2 unspecified atom stereocenters. The zero-order valence-corrected chi connectivity index (χ0v) is 12.2. The van der Waals surface area contributed by atoms with Crippen molar-refractivity contribution in [3.63, 3.8) is 0 Å². The van der Waals surface area contributed by atoms with E-state index in [1.165, 1.54) is 25.7 Å². The molecule has 2 aliphatic carbocycles. The minimum absolute atomic E-state index is 0.000420. The minimum atomic E-state index is -0.184. The average Bonchev–Trinajstić information content (AvgIpc) is 2.75. The Kier molecular flexibility index (Phi) is 3.88. The van der Waals surface area contributed by atoms with Gasteiger partial charge in [0, 0.05) is 17.9 Å². The summed E-state index contributed by atoms with van der Waals surface area (Å²) in [5.74, 6) is 1.67. The number of rotatable bonds is 3. The van der Waals surface area contributed by atoms with Crippen molar-refractivity contribution in [1.82, 2.24) is 0 Å². The van der Waals surface area contributed by atoms with Gasteiger partial charge in [0.1, 0.15) is 17.6 Å². The lowest BCUT2D eigenvalue weighted by molar-refractivity contribution is -0.163. The lowest BCUT2D eigenvalue weighted by Gasteiger charge is -2.53. The third-order valence-electron chi connectivity index (χ3n) is 5.10. The molecule has 20 heavy (non-hydrogen) atoms. The number of ether oxygens (including phenoxy) is 2. The molecule has 2 fully saturated rings. The third-order valence-corrected chi connectivity index (χ3v) is 5.10. The second-order valence-electron chi connectivity index (χ2n) is 6.18. The summed E-state index contributed by atoms with van der Waals surface area (Å²) >= 11 is 0. The van der Waals surface area contributed by atoms with Crippen LogP contribution >= 0.6 is 0 Å². The zero-order valence-electron chi connectivity index (χ0n) is 12.2. The number of hydrogen-bond acceptors (Lipinski definition) is 3. The molecule has 0 radical (unpaired) electrons. The Balaban J connectivity index is 1.73. The van der Waals surface area contributed by atoms with Crippen LogP contribution in [-0.4, -0.2) is 24.4 Å². The van der Waals surface area contributed by atoms with Gasteiger partial charge >= 0.3 is 0 Å². The molecule has 1 spiro atoms. The standard InChI is InChI=1S/C17H24O3/c1-19-13-7-6-8-14(11-13)20-16-12-15(18)17(16)9-4-2-3-5-10-17/h6-8,11,15-16,18H,2-5,9-10,12H2,1H3. The van der Waals surface area contributed by atoms with Crippen molar-refractivity contribution in [2.24, 2.45) is 5.41 Å². The average molecular weight is 276 g/mol. The highest BCUT2D eigenvalue weighted by Crippen LogP contribution is 2.52. The van der Waals surface area contributed by atoms with Gasteiger partial charge in [0.25, 0.3) is 0 Å². The fraction of sp³-hybridized carbons (Fsp3) is 0.647. The van der Waals surface area contributed by atoms with Gasteiger partial charge in [-0.25, -0.2) is 0 Å². The van der Waals surface area contributed by atoms with Gasteiger partial charge in [0.2, 0.25) is 0 Å². The van der Waals surface area contributed by atoms with Gasteiger partial charge in [-0.2, -0.15) is 0 Å². The highest BCUT2D eigenvalue weighted by Gasteiger charge is 2.55. The van der Waals surface area contributed by atoms with Crippen molar-refractivity contribution in [2.75, 3.05) is 7.11 Å². The van der Waals surface area contributed by atoms with Gasteiger partial charge in [-0.1, -0.05) is 31.7 Å². The summed E-state index contributed by atoms with van der Waals surface area (Å²) in [7, 11) is 1.67. The summed E-state index contributed by atoms with van der Waals surface area (Å²) in [6, 6.07) is 7.76. The van der Waals surface area contributed by atoms with Gasteiger partial charge in [-0.05, 0) is 25.0 Å². The number of benzene rings is 1. The number of aliphatic hydroxyl groups excluding tert-OH is 1. The van der Waals surface area contributed by atoms with Crippen LogP contribution in [0.5, 0.6) is 11.5 Å². The van der Waals surface area contributed by atoms with Crippen molar-refractivity contribution >= 4 is 0 Å². The Morgan fingerprint density at radius 1 is 1.10 bits per heavy atom. The van der Waals surface area contributed by atoms with E-state index in [4.69, 9.17) is 9.47 Å². The molecule has 3 nitrogen and oxygen atoms in total. The van der Waals surface area contributed by atoms with Crippen molar-refractivity contribution < 1.29 is 14.6 Å². The molecule has 3 rings (SSSR count). The van der Waals surface area contributed by atoms with E-state index < -0.39 is 0 Å². The molecule has 0 aliphatic heterocycles. The largest absolute Gasteiger partial charge is 0.497 e. The van der Waals surface area contributed by atoms with E-state index in [0.29, 0.717) is 0 Å². The highest BCUT2D eigenvalue weighted by atomic mass is 16.5.